The molecule has 4 rings (SSSR count). The Morgan fingerprint density at radius 3 is 2.47 bits per heavy atom. The van der Waals surface area contributed by atoms with Crippen molar-refractivity contribution in [2.45, 2.75) is 50.0 Å². The van der Waals surface area contributed by atoms with Crippen LogP contribution in [0.3, 0.4) is 0 Å². The van der Waals surface area contributed by atoms with Gasteiger partial charge in [0.1, 0.15) is 10.7 Å². The average Bonchev–Trinajstić information content (AvgIpc) is 3.19. The zero-order chi connectivity index (χ0) is 22.8. The Balaban J connectivity index is 1.42. The lowest BCUT2D eigenvalue weighted by molar-refractivity contribution is -0.123. The van der Waals surface area contributed by atoms with Crippen molar-refractivity contribution in [3.63, 3.8) is 0 Å². The number of sulfonamides is 1. The number of nitrogens with one attached hydrogen (secondary N) is 2. The molecule has 8 heteroatoms. The van der Waals surface area contributed by atoms with Crippen LogP contribution in [0.2, 0.25) is 0 Å². The second kappa shape index (κ2) is 8.94. The summed E-state index contributed by atoms with van der Waals surface area (Å²) in [6.07, 6.45) is 4.67. The van der Waals surface area contributed by atoms with E-state index in [0.29, 0.717) is 30.9 Å². The quantitative estimate of drug-likeness (QED) is 0.662. The Morgan fingerprint density at radius 1 is 1.09 bits per heavy atom. The average molecular weight is 455 g/mol. The zero-order valence-corrected chi connectivity index (χ0v) is 19.4. The maximum atomic E-state index is 12.8. The number of nitrogens with zero attached hydrogens (tertiary/aromatic N) is 2. The molecule has 170 valence electrons. The molecule has 1 amide bonds. The number of hydrogen-bond donors (Lipinski definition) is 2. The third kappa shape index (κ3) is 4.96. The van der Waals surface area contributed by atoms with Gasteiger partial charge in [-0.25, -0.2) is 0 Å². The Hall–Kier alpha value is -2.87. The summed E-state index contributed by atoms with van der Waals surface area (Å²) < 4.78 is 29.2. The van der Waals surface area contributed by atoms with E-state index in [2.05, 4.69) is 15.0 Å². The molecule has 1 heterocycles. The standard InChI is InChI=1S/C24H30N4O3S/c1-28(2)19-11-9-18(10-12-19)17-25-23(29)16-24(13-5-6-14-24)15-22-26-20-7-3-4-8-21(20)32(30,31)27-22/h3-4,7-12H,5-6,13-17H2,1-2H3,(H,25,29)(H,26,27). The van der Waals surface area contributed by atoms with Crippen LogP contribution in [0.5, 0.6) is 0 Å². The van der Waals surface area contributed by atoms with Gasteiger partial charge in [0, 0.05) is 39.2 Å². The first-order chi connectivity index (χ1) is 15.3. The number of benzene rings is 2. The van der Waals surface area contributed by atoms with Gasteiger partial charge in [-0.15, -0.1) is 4.40 Å². The van der Waals surface area contributed by atoms with Crippen LogP contribution in [-0.4, -0.2) is 34.3 Å². The molecule has 0 atom stereocenters. The number of hydrogen-bond acceptors (Lipinski definition) is 5. The summed E-state index contributed by atoms with van der Waals surface area (Å²) in [6.45, 7) is 0.476. The highest BCUT2D eigenvalue weighted by molar-refractivity contribution is 7.90. The van der Waals surface area contributed by atoms with Gasteiger partial charge < -0.3 is 15.5 Å². The molecule has 0 bridgehead atoms. The van der Waals surface area contributed by atoms with E-state index in [4.69, 9.17) is 0 Å². The van der Waals surface area contributed by atoms with Gasteiger partial charge in [-0.05, 0) is 48.1 Å². The first-order valence-corrected chi connectivity index (χ1v) is 12.4. The molecule has 1 aliphatic carbocycles. The number of fused-ring (bicyclic) bond motifs is 1. The predicted octanol–water partition coefficient (Wildman–Crippen LogP) is 3.92. The van der Waals surface area contributed by atoms with Gasteiger partial charge in [0.25, 0.3) is 10.0 Å². The molecule has 7 nitrogen and oxygen atoms in total. The van der Waals surface area contributed by atoms with Crippen LogP contribution in [0.4, 0.5) is 11.4 Å². The topological polar surface area (TPSA) is 90.9 Å². The van der Waals surface area contributed by atoms with Crippen molar-refractivity contribution in [1.82, 2.24) is 5.32 Å². The number of anilines is 2. The van der Waals surface area contributed by atoms with E-state index in [1.54, 1.807) is 24.3 Å². The minimum Gasteiger partial charge on any atom is -0.378 e. The van der Waals surface area contributed by atoms with Crippen molar-refractivity contribution in [3.8, 4) is 0 Å². The van der Waals surface area contributed by atoms with Crippen molar-refractivity contribution in [2.75, 3.05) is 24.3 Å². The summed E-state index contributed by atoms with van der Waals surface area (Å²) >= 11 is 0. The first-order valence-electron chi connectivity index (χ1n) is 11.0. The van der Waals surface area contributed by atoms with Gasteiger partial charge in [-0.3, -0.25) is 4.79 Å². The second-order valence-electron chi connectivity index (χ2n) is 9.03. The summed E-state index contributed by atoms with van der Waals surface area (Å²) in [7, 11) is 0.264. The lowest BCUT2D eigenvalue weighted by Gasteiger charge is -2.30. The summed E-state index contributed by atoms with van der Waals surface area (Å²) in [5.41, 5.74) is 2.44. The molecule has 1 aliphatic heterocycles. The molecule has 1 fully saturated rings. The van der Waals surface area contributed by atoms with E-state index >= 15 is 0 Å². The Labute approximate surface area is 190 Å². The van der Waals surface area contributed by atoms with Crippen molar-refractivity contribution in [1.29, 1.82) is 0 Å². The van der Waals surface area contributed by atoms with Crippen LogP contribution in [0.25, 0.3) is 0 Å². The van der Waals surface area contributed by atoms with E-state index in [1.165, 1.54) is 0 Å². The van der Waals surface area contributed by atoms with Crippen molar-refractivity contribution in [2.24, 2.45) is 9.81 Å². The summed E-state index contributed by atoms with van der Waals surface area (Å²) in [5.74, 6) is 0.418. The van der Waals surface area contributed by atoms with Gasteiger partial charge >= 0.3 is 0 Å². The predicted molar refractivity (Wildman–Crippen MR) is 127 cm³/mol. The van der Waals surface area contributed by atoms with E-state index in [0.717, 1.165) is 36.9 Å². The molecule has 2 N–H and O–H groups in total. The lowest BCUT2D eigenvalue weighted by atomic mass is 9.78. The zero-order valence-electron chi connectivity index (χ0n) is 18.6. The van der Waals surface area contributed by atoms with Gasteiger partial charge in [0.2, 0.25) is 5.91 Å². The largest absolute Gasteiger partial charge is 0.378 e. The minimum atomic E-state index is -3.72. The molecule has 0 aromatic heterocycles. The lowest BCUT2D eigenvalue weighted by Crippen LogP contribution is -2.34. The number of carbonyl (C=O) groups is 1. The number of carbonyl (C=O) groups excluding carboxylic acids is 1. The van der Waals surface area contributed by atoms with Crippen LogP contribution in [0.15, 0.2) is 57.8 Å². The van der Waals surface area contributed by atoms with Crippen molar-refractivity contribution in [3.05, 3.63) is 54.1 Å². The van der Waals surface area contributed by atoms with E-state index in [-0.39, 0.29) is 16.2 Å². The van der Waals surface area contributed by atoms with Gasteiger partial charge in [0.05, 0.1) is 5.69 Å². The molecule has 2 aliphatic rings. The molecule has 0 unspecified atom stereocenters. The highest BCUT2D eigenvalue weighted by Crippen LogP contribution is 2.45. The summed E-state index contributed by atoms with van der Waals surface area (Å²) in [4.78, 5) is 15.1. The molecule has 2 aromatic rings. The number of para-hydroxylation sites is 1. The normalized spacial score (nSPS) is 18.2. The fourth-order valence-electron chi connectivity index (χ4n) is 4.66. The highest BCUT2D eigenvalue weighted by atomic mass is 32.2. The molecule has 0 spiro atoms. The molecular formula is C24H30N4O3S. The third-order valence-electron chi connectivity index (χ3n) is 6.36. The molecule has 1 saturated carbocycles. The second-order valence-corrected chi connectivity index (χ2v) is 10.6. The van der Waals surface area contributed by atoms with Gasteiger partial charge in [-0.2, -0.15) is 8.42 Å². The van der Waals surface area contributed by atoms with Crippen LogP contribution < -0.4 is 15.5 Å². The molecule has 0 radical (unpaired) electrons. The van der Waals surface area contributed by atoms with Crippen molar-refractivity contribution < 1.29 is 13.2 Å². The maximum Gasteiger partial charge on any atom is 0.286 e. The Kier molecular flexibility index (Phi) is 6.24. The van der Waals surface area contributed by atoms with Crippen LogP contribution in [-0.2, 0) is 21.4 Å². The van der Waals surface area contributed by atoms with Crippen LogP contribution in [0, 0.1) is 5.41 Å². The summed E-state index contributed by atoms with van der Waals surface area (Å²) in [5, 5.41) is 6.22. The molecule has 2 aromatic carbocycles. The number of amidine groups is 1. The first kappa shape index (κ1) is 22.3. The minimum absolute atomic E-state index is 0.0109. The smallest absolute Gasteiger partial charge is 0.286 e. The monoisotopic (exact) mass is 454 g/mol. The number of rotatable bonds is 7. The molecule has 0 saturated heterocycles. The SMILES string of the molecule is CN(C)c1ccc(CNC(=O)CC2(CC3=NS(=O)(=O)c4ccccc4N3)CCCC2)cc1. The van der Waals surface area contributed by atoms with Crippen LogP contribution >= 0.6 is 0 Å². The highest BCUT2D eigenvalue weighted by Gasteiger charge is 2.38. The fourth-order valence-corrected chi connectivity index (χ4v) is 5.80. The molecular weight excluding hydrogens is 424 g/mol. The number of amides is 1. The fraction of sp³-hybridized carbons (Fsp3) is 0.417. The molecule has 32 heavy (non-hydrogen) atoms. The maximum absolute atomic E-state index is 12.8. The Morgan fingerprint density at radius 2 is 1.78 bits per heavy atom. The summed E-state index contributed by atoms with van der Waals surface area (Å²) in [6, 6.07) is 14.9. The Bertz CT molecular complexity index is 1120. The van der Waals surface area contributed by atoms with Gasteiger partial charge in [0.15, 0.2) is 0 Å². The van der Waals surface area contributed by atoms with Gasteiger partial charge in [-0.1, -0.05) is 37.1 Å². The van der Waals surface area contributed by atoms with Crippen LogP contribution in [0.1, 0.15) is 44.1 Å². The van der Waals surface area contributed by atoms with E-state index in [1.807, 2.05) is 43.3 Å². The van der Waals surface area contributed by atoms with Crippen molar-refractivity contribution >= 4 is 33.1 Å². The van der Waals surface area contributed by atoms with E-state index in [9.17, 15) is 13.2 Å². The van der Waals surface area contributed by atoms with E-state index < -0.39 is 10.0 Å². The third-order valence-corrected chi connectivity index (χ3v) is 7.73.